The number of benzene rings is 1. The van der Waals surface area contributed by atoms with Crippen LogP contribution in [0.2, 0.25) is 0 Å². The van der Waals surface area contributed by atoms with Gasteiger partial charge in [0.15, 0.2) is 0 Å². The summed E-state index contributed by atoms with van der Waals surface area (Å²) in [6.45, 7) is 0. The van der Waals surface area contributed by atoms with Crippen LogP contribution in [0.5, 0.6) is 0 Å². The third-order valence-electron chi connectivity index (χ3n) is 4.15. The molecule has 1 fully saturated rings. The maximum Gasteiger partial charge on any atom is 0.0495 e. The molecule has 3 rings (SSSR count). The van der Waals surface area contributed by atoms with Crippen LogP contribution in [0.15, 0.2) is 35.3 Å². The van der Waals surface area contributed by atoms with Crippen LogP contribution in [-0.4, -0.2) is 12.3 Å². The highest BCUT2D eigenvalue weighted by molar-refractivity contribution is 5.67. The summed E-state index contributed by atoms with van der Waals surface area (Å²) in [6, 6.07) is 9.30. The Morgan fingerprint density at radius 3 is 2.83 bits per heavy atom. The molecule has 0 N–H and O–H groups in total. The minimum absolute atomic E-state index is 0.550. The monoisotopic (exact) mass is 239 g/mol. The van der Waals surface area contributed by atoms with Gasteiger partial charge in [0.1, 0.15) is 0 Å². The first kappa shape index (κ1) is 11.7. The summed E-state index contributed by atoms with van der Waals surface area (Å²) >= 11 is 0. The fraction of sp³-hybridized carbons (Fsp3) is 0.471. The fourth-order valence-electron chi connectivity index (χ4n) is 3.08. The lowest BCUT2D eigenvalue weighted by molar-refractivity contribution is 0.444. The molecule has 1 unspecified atom stereocenters. The van der Waals surface area contributed by atoms with Gasteiger partial charge in [-0.25, -0.2) is 0 Å². The van der Waals surface area contributed by atoms with Gasteiger partial charge in [-0.05, 0) is 36.6 Å². The molecule has 94 valence electrons. The normalized spacial score (nSPS) is 23.7. The molecule has 0 heterocycles. The van der Waals surface area contributed by atoms with E-state index in [0.717, 1.165) is 6.42 Å². The third kappa shape index (κ3) is 2.55. The number of aliphatic imine (C=N–C) groups is 1. The van der Waals surface area contributed by atoms with Crippen molar-refractivity contribution in [1.82, 2.24) is 0 Å². The van der Waals surface area contributed by atoms with E-state index < -0.39 is 0 Å². The van der Waals surface area contributed by atoms with Crippen LogP contribution in [-0.2, 0) is 0 Å². The first-order chi connectivity index (χ1) is 8.93. The largest absolute Gasteiger partial charge is 0.294 e. The quantitative estimate of drug-likeness (QED) is 0.684. The Hall–Kier alpha value is -1.37. The van der Waals surface area contributed by atoms with Crippen LogP contribution >= 0.6 is 0 Å². The Balaban J connectivity index is 1.58. The van der Waals surface area contributed by atoms with Crippen LogP contribution < -0.4 is 0 Å². The second kappa shape index (κ2) is 5.51. The second-order valence-electron chi connectivity index (χ2n) is 5.45. The standard InChI is InChI=1S/C17H21N/c1-2-7-16(8-3-1)18-13-12-15-11-10-14-6-4-5-9-17(14)15/h4-6,9-11,13,15-16H,1-3,7-8,12H2. The molecule has 18 heavy (non-hydrogen) atoms. The smallest absolute Gasteiger partial charge is 0.0495 e. The molecule has 1 aromatic rings. The first-order valence-electron chi connectivity index (χ1n) is 7.22. The second-order valence-corrected chi connectivity index (χ2v) is 5.45. The van der Waals surface area contributed by atoms with Crippen LogP contribution in [0.1, 0.15) is 55.6 Å². The number of hydrogen-bond donors (Lipinski definition) is 0. The lowest BCUT2D eigenvalue weighted by Gasteiger charge is -2.17. The van der Waals surface area contributed by atoms with Gasteiger partial charge in [-0.3, -0.25) is 4.99 Å². The predicted molar refractivity (Wildman–Crippen MR) is 78.2 cm³/mol. The van der Waals surface area contributed by atoms with Crippen molar-refractivity contribution in [2.24, 2.45) is 4.99 Å². The van der Waals surface area contributed by atoms with Crippen molar-refractivity contribution in [2.45, 2.75) is 50.5 Å². The minimum Gasteiger partial charge on any atom is -0.294 e. The molecule has 0 aliphatic heterocycles. The topological polar surface area (TPSA) is 12.4 Å². The van der Waals surface area contributed by atoms with Gasteiger partial charge < -0.3 is 0 Å². The molecule has 2 aliphatic rings. The maximum absolute atomic E-state index is 4.76. The summed E-state index contributed by atoms with van der Waals surface area (Å²) in [4.78, 5) is 4.76. The number of rotatable bonds is 3. The average Bonchev–Trinajstić information content (AvgIpc) is 2.84. The maximum atomic E-state index is 4.76. The van der Waals surface area contributed by atoms with E-state index in [4.69, 9.17) is 4.99 Å². The van der Waals surface area contributed by atoms with Crippen LogP contribution in [0.3, 0.4) is 0 Å². The molecule has 0 saturated heterocycles. The van der Waals surface area contributed by atoms with E-state index >= 15 is 0 Å². The zero-order valence-corrected chi connectivity index (χ0v) is 10.9. The summed E-state index contributed by atoms with van der Waals surface area (Å²) in [5.41, 5.74) is 2.85. The molecule has 1 aromatic carbocycles. The van der Waals surface area contributed by atoms with Crippen molar-refractivity contribution in [3.8, 4) is 0 Å². The van der Waals surface area contributed by atoms with Gasteiger partial charge in [0, 0.05) is 12.0 Å². The number of fused-ring (bicyclic) bond motifs is 1. The summed E-state index contributed by atoms with van der Waals surface area (Å²) in [5.74, 6) is 0.550. The summed E-state index contributed by atoms with van der Waals surface area (Å²) in [5, 5.41) is 0. The molecular weight excluding hydrogens is 218 g/mol. The molecule has 1 saturated carbocycles. The van der Waals surface area contributed by atoms with Gasteiger partial charge >= 0.3 is 0 Å². The highest BCUT2D eigenvalue weighted by atomic mass is 14.8. The van der Waals surface area contributed by atoms with Crippen molar-refractivity contribution in [1.29, 1.82) is 0 Å². The highest BCUT2D eigenvalue weighted by Crippen LogP contribution is 2.31. The van der Waals surface area contributed by atoms with E-state index in [1.165, 1.54) is 43.2 Å². The molecule has 0 amide bonds. The lowest BCUT2D eigenvalue weighted by Crippen LogP contribution is -2.09. The fourth-order valence-corrected chi connectivity index (χ4v) is 3.08. The van der Waals surface area contributed by atoms with Gasteiger partial charge in [0.05, 0.1) is 0 Å². The highest BCUT2D eigenvalue weighted by Gasteiger charge is 2.16. The van der Waals surface area contributed by atoms with E-state index in [9.17, 15) is 0 Å². The van der Waals surface area contributed by atoms with Crippen molar-refractivity contribution < 1.29 is 0 Å². The third-order valence-corrected chi connectivity index (χ3v) is 4.15. The summed E-state index contributed by atoms with van der Waals surface area (Å²) < 4.78 is 0. The molecule has 0 aromatic heterocycles. The Kier molecular flexibility index (Phi) is 3.59. The molecule has 1 nitrogen and oxygen atoms in total. The van der Waals surface area contributed by atoms with Crippen LogP contribution in [0, 0.1) is 0 Å². The zero-order chi connectivity index (χ0) is 12.2. The Labute approximate surface area is 110 Å². The Morgan fingerprint density at radius 2 is 1.94 bits per heavy atom. The van der Waals surface area contributed by atoms with E-state index in [0.29, 0.717) is 12.0 Å². The molecular formula is C17H21N. The SMILES string of the molecule is C1=CC(CC=NC2CCCCC2)c2ccccc21. The van der Waals surface area contributed by atoms with Gasteiger partial charge in [-0.15, -0.1) is 0 Å². The number of nitrogens with zero attached hydrogens (tertiary/aromatic N) is 1. The molecule has 0 radical (unpaired) electrons. The number of hydrogen-bond acceptors (Lipinski definition) is 1. The molecule has 0 spiro atoms. The van der Waals surface area contributed by atoms with Gasteiger partial charge in [0.25, 0.3) is 0 Å². The molecule has 1 atom stereocenters. The molecule has 2 aliphatic carbocycles. The Morgan fingerprint density at radius 1 is 1.11 bits per heavy atom. The van der Waals surface area contributed by atoms with Gasteiger partial charge in [-0.1, -0.05) is 55.7 Å². The minimum atomic E-state index is 0.550. The van der Waals surface area contributed by atoms with Crippen molar-refractivity contribution in [3.05, 3.63) is 41.5 Å². The van der Waals surface area contributed by atoms with Crippen molar-refractivity contribution >= 4 is 12.3 Å². The van der Waals surface area contributed by atoms with E-state index in [-0.39, 0.29) is 0 Å². The predicted octanol–water partition coefficient (Wildman–Crippen LogP) is 4.59. The Bertz CT molecular complexity index is 452. The average molecular weight is 239 g/mol. The molecule has 1 heteroatoms. The van der Waals surface area contributed by atoms with E-state index in [1.54, 1.807) is 0 Å². The first-order valence-corrected chi connectivity index (χ1v) is 7.22. The van der Waals surface area contributed by atoms with Gasteiger partial charge in [0.2, 0.25) is 0 Å². The van der Waals surface area contributed by atoms with E-state index in [1.807, 2.05) is 0 Å². The summed E-state index contributed by atoms with van der Waals surface area (Å²) in [6.07, 6.45) is 14.5. The summed E-state index contributed by atoms with van der Waals surface area (Å²) in [7, 11) is 0. The molecule has 0 bridgehead atoms. The van der Waals surface area contributed by atoms with Crippen LogP contribution in [0.4, 0.5) is 0 Å². The lowest BCUT2D eigenvalue weighted by atomic mass is 9.95. The van der Waals surface area contributed by atoms with Crippen molar-refractivity contribution in [3.63, 3.8) is 0 Å². The number of allylic oxidation sites excluding steroid dienone is 1. The van der Waals surface area contributed by atoms with Gasteiger partial charge in [-0.2, -0.15) is 0 Å². The van der Waals surface area contributed by atoms with Crippen LogP contribution in [0.25, 0.3) is 6.08 Å². The van der Waals surface area contributed by atoms with E-state index in [2.05, 4.69) is 42.6 Å². The van der Waals surface area contributed by atoms with Crippen molar-refractivity contribution in [2.75, 3.05) is 0 Å². The zero-order valence-electron chi connectivity index (χ0n) is 10.9.